The van der Waals surface area contributed by atoms with E-state index in [1.165, 1.54) is 25.2 Å². The zero-order valence-corrected chi connectivity index (χ0v) is 15.0. The topological polar surface area (TPSA) is 140 Å². The fraction of sp³-hybridized carbons (Fsp3) is 0.375. The molecule has 0 aliphatic carbocycles. The number of esters is 1. The molecule has 0 radical (unpaired) electrons. The Bertz CT molecular complexity index is 805. The van der Waals surface area contributed by atoms with E-state index in [2.05, 4.69) is 10.1 Å². The van der Waals surface area contributed by atoms with Gasteiger partial charge in [-0.25, -0.2) is 4.79 Å². The van der Waals surface area contributed by atoms with Gasteiger partial charge in [0.2, 0.25) is 0 Å². The van der Waals surface area contributed by atoms with Gasteiger partial charge in [-0.05, 0) is 0 Å². The van der Waals surface area contributed by atoms with Crippen LogP contribution in [0.2, 0.25) is 0 Å². The number of carbonyl (C=O) groups is 2. The zero-order valence-electron chi connectivity index (χ0n) is 15.0. The molecule has 0 aromatic heterocycles. The molecule has 27 heavy (non-hydrogen) atoms. The summed E-state index contributed by atoms with van der Waals surface area (Å²) in [6, 6.07) is 2.44. The Hall–Kier alpha value is -3.34. The Morgan fingerprint density at radius 3 is 2.44 bits per heavy atom. The molecule has 1 aliphatic rings. The number of carbonyl (C=O) groups excluding carboxylic acids is 2. The van der Waals surface area contributed by atoms with Crippen molar-refractivity contribution in [2.75, 3.05) is 46.3 Å². The van der Waals surface area contributed by atoms with Crippen LogP contribution >= 0.6 is 0 Å². The molecule has 1 amide bonds. The molecule has 11 nitrogen and oxygen atoms in total. The summed E-state index contributed by atoms with van der Waals surface area (Å²) in [4.78, 5) is 36.5. The Kier molecular flexibility index (Phi) is 6.19. The molecule has 0 saturated heterocycles. The summed E-state index contributed by atoms with van der Waals surface area (Å²) in [7, 11) is 3.85. The number of hydrogen-bond acceptors (Lipinski definition) is 9. The molecule has 0 spiro atoms. The lowest BCUT2D eigenvalue weighted by Crippen LogP contribution is -2.31. The number of amides is 1. The highest BCUT2D eigenvalue weighted by atomic mass is 16.6. The summed E-state index contributed by atoms with van der Waals surface area (Å²) in [5.41, 5.74) is -0.600. The van der Waals surface area contributed by atoms with Crippen molar-refractivity contribution < 1.29 is 33.8 Å². The first-order chi connectivity index (χ1) is 12.9. The van der Waals surface area contributed by atoms with Gasteiger partial charge in [0.1, 0.15) is 11.4 Å². The van der Waals surface area contributed by atoms with Crippen LogP contribution in [0.1, 0.15) is 0 Å². The number of ether oxygens (including phenoxy) is 3. The minimum Gasteiger partial charge on any atom is -0.493 e. The van der Waals surface area contributed by atoms with E-state index in [-0.39, 0.29) is 53.8 Å². The second-order valence-electron chi connectivity index (χ2n) is 5.40. The number of rotatable bonds is 8. The third-order valence-electron chi connectivity index (χ3n) is 3.91. The third kappa shape index (κ3) is 3.92. The first kappa shape index (κ1) is 20.0. The monoisotopic (exact) mass is 381 g/mol. The molecule has 146 valence electrons. The van der Waals surface area contributed by atoms with E-state index in [1.54, 1.807) is 0 Å². The fourth-order valence-electron chi connectivity index (χ4n) is 2.60. The van der Waals surface area contributed by atoms with E-state index >= 15 is 0 Å². The van der Waals surface area contributed by atoms with Crippen molar-refractivity contribution in [3.8, 4) is 11.5 Å². The van der Waals surface area contributed by atoms with Crippen LogP contribution in [-0.4, -0.2) is 67.8 Å². The molecule has 1 aromatic carbocycles. The van der Waals surface area contributed by atoms with E-state index in [9.17, 15) is 19.7 Å². The van der Waals surface area contributed by atoms with Gasteiger partial charge in [-0.3, -0.25) is 14.9 Å². The maximum absolute atomic E-state index is 12.6. The van der Waals surface area contributed by atoms with Crippen LogP contribution in [0, 0.1) is 10.1 Å². The SMILES string of the molecule is COC(=O)C1=C(Nc2cc(OC)c(OC)cc2[N+](=O)[O-])C(=O)N(CCO)C1. The van der Waals surface area contributed by atoms with Gasteiger partial charge >= 0.3 is 5.97 Å². The largest absolute Gasteiger partial charge is 0.493 e. The van der Waals surface area contributed by atoms with E-state index in [1.807, 2.05) is 0 Å². The van der Waals surface area contributed by atoms with Crippen molar-refractivity contribution >= 4 is 23.3 Å². The first-order valence-electron chi connectivity index (χ1n) is 7.76. The second-order valence-corrected chi connectivity index (χ2v) is 5.40. The van der Waals surface area contributed by atoms with Crippen LogP contribution in [0.3, 0.4) is 0 Å². The number of anilines is 1. The van der Waals surface area contributed by atoms with E-state index in [4.69, 9.17) is 14.6 Å². The number of nitro benzene ring substituents is 1. The Morgan fingerprint density at radius 1 is 1.30 bits per heavy atom. The van der Waals surface area contributed by atoms with E-state index < -0.39 is 16.8 Å². The van der Waals surface area contributed by atoms with Gasteiger partial charge in [-0.15, -0.1) is 0 Å². The molecule has 1 heterocycles. The van der Waals surface area contributed by atoms with Crippen LogP contribution in [-0.2, 0) is 14.3 Å². The summed E-state index contributed by atoms with van der Waals surface area (Å²) < 4.78 is 14.9. The predicted octanol–water partition coefficient (Wildman–Crippen LogP) is 0.285. The maximum Gasteiger partial charge on any atom is 0.337 e. The van der Waals surface area contributed by atoms with Gasteiger partial charge < -0.3 is 29.5 Å². The Morgan fingerprint density at radius 2 is 1.93 bits per heavy atom. The number of benzene rings is 1. The number of nitrogens with one attached hydrogen (secondary N) is 1. The highest BCUT2D eigenvalue weighted by Gasteiger charge is 2.35. The quantitative estimate of drug-likeness (QED) is 0.369. The zero-order chi connectivity index (χ0) is 20.1. The van der Waals surface area contributed by atoms with Gasteiger partial charge in [0.05, 0.1) is 51.0 Å². The lowest BCUT2D eigenvalue weighted by atomic mass is 10.2. The number of methoxy groups -OCH3 is 3. The molecule has 0 fully saturated rings. The number of aliphatic hydroxyl groups is 1. The van der Waals surface area contributed by atoms with E-state index in [0.29, 0.717) is 0 Å². The summed E-state index contributed by atoms with van der Waals surface area (Å²) in [6.45, 7) is -0.391. The summed E-state index contributed by atoms with van der Waals surface area (Å²) in [6.07, 6.45) is 0. The molecule has 0 atom stereocenters. The van der Waals surface area contributed by atoms with Gasteiger partial charge in [-0.1, -0.05) is 0 Å². The molecule has 2 N–H and O–H groups in total. The number of nitro groups is 1. The van der Waals surface area contributed by atoms with Crippen LogP contribution in [0.4, 0.5) is 11.4 Å². The highest BCUT2D eigenvalue weighted by molar-refractivity contribution is 6.08. The second kappa shape index (κ2) is 8.36. The van der Waals surface area contributed by atoms with Crippen molar-refractivity contribution in [1.29, 1.82) is 0 Å². The molecule has 1 aliphatic heterocycles. The van der Waals surface area contributed by atoms with Crippen LogP contribution in [0.25, 0.3) is 0 Å². The minimum atomic E-state index is -0.755. The predicted molar refractivity (Wildman–Crippen MR) is 92.5 cm³/mol. The van der Waals surface area contributed by atoms with Gasteiger partial charge in [-0.2, -0.15) is 0 Å². The smallest absolute Gasteiger partial charge is 0.337 e. The summed E-state index contributed by atoms with van der Waals surface area (Å²) in [5, 5.41) is 23.1. The van der Waals surface area contributed by atoms with Crippen molar-refractivity contribution in [3.05, 3.63) is 33.5 Å². The van der Waals surface area contributed by atoms with Gasteiger partial charge in [0.25, 0.3) is 11.6 Å². The number of aliphatic hydroxyl groups excluding tert-OH is 1. The van der Waals surface area contributed by atoms with Crippen molar-refractivity contribution in [1.82, 2.24) is 4.90 Å². The molecule has 2 rings (SSSR count). The van der Waals surface area contributed by atoms with Crippen molar-refractivity contribution in [2.45, 2.75) is 0 Å². The van der Waals surface area contributed by atoms with Crippen molar-refractivity contribution in [3.63, 3.8) is 0 Å². The standard InChI is InChI=1S/C16H19N3O8/c1-25-12-6-10(11(19(23)24)7-13(12)26-2)17-14-9(16(22)27-3)8-18(4-5-20)15(14)21/h6-7,17,20H,4-5,8H2,1-3H3. The van der Waals surface area contributed by atoms with Crippen molar-refractivity contribution in [2.24, 2.45) is 0 Å². The Balaban J connectivity index is 2.53. The maximum atomic E-state index is 12.6. The molecule has 0 bridgehead atoms. The normalized spacial score (nSPS) is 13.6. The number of β-amino-alcohol motifs (C(OH)–C–C–N with tert-alkyl or cyclic N) is 1. The first-order valence-corrected chi connectivity index (χ1v) is 7.76. The lowest BCUT2D eigenvalue weighted by Gasteiger charge is -2.15. The molecular weight excluding hydrogens is 362 g/mol. The fourth-order valence-corrected chi connectivity index (χ4v) is 2.60. The molecule has 1 aromatic rings. The molecule has 0 unspecified atom stereocenters. The van der Waals surface area contributed by atoms with E-state index in [0.717, 1.165) is 13.2 Å². The average Bonchev–Trinajstić information content (AvgIpc) is 2.96. The summed E-state index contributed by atoms with van der Waals surface area (Å²) in [5.74, 6) is -1.01. The average molecular weight is 381 g/mol. The van der Waals surface area contributed by atoms with Gasteiger partial charge in [0, 0.05) is 12.6 Å². The van der Waals surface area contributed by atoms with Crippen LogP contribution in [0.5, 0.6) is 11.5 Å². The van der Waals surface area contributed by atoms with Crippen LogP contribution in [0.15, 0.2) is 23.4 Å². The highest BCUT2D eigenvalue weighted by Crippen LogP contribution is 2.39. The third-order valence-corrected chi connectivity index (χ3v) is 3.91. The lowest BCUT2D eigenvalue weighted by molar-refractivity contribution is -0.384. The number of hydrogen-bond donors (Lipinski definition) is 2. The Labute approximate surface area is 154 Å². The molecular formula is C16H19N3O8. The van der Waals surface area contributed by atoms with Crippen LogP contribution < -0.4 is 14.8 Å². The number of nitrogens with zero attached hydrogens (tertiary/aromatic N) is 2. The molecule has 11 heteroatoms. The summed E-state index contributed by atoms with van der Waals surface area (Å²) >= 11 is 0. The van der Waals surface area contributed by atoms with Gasteiger partial charge in [0.15, 0.2) is 11.5 Å². The molecule has 0 saturated carbocycles. The minimum absolute atomic E-state index is 0.0000304.